The predicted molar refractivity (Wildman–Crippen MR) is 223 cm³/mol. The predicted octanol–water partition coefficient (Wildman–Crippen LogP) is 4.86. The van der Waals surface area contributed by atoms with Crippen LogP contribution in [0.3, 0.4) is 0 Å². The van der Waals surface area contributed by atoms with Crippen LogP contribution in [0, 0.1) is 17.9 Å². The first-order chi connectivity index (χ1) is 28.6. The number of pyridine rings is 1. The normalized spacial score (nSPS) is 22.6. The molecule has 7 heterocycles. The maximum atomic E-state index is 13.5. The smallest absolute Gasteiger partial charge is 0.262 e. The zero-order valence-electron chi connectivity index (χ0n) is 33.1. The van der Waals surface area contributed by atoms with Gasteiger partial charge in [-0.15, -0.1) is 0 Å². The minimum absolute atomic E-state index is 0.0438. The van der Waals surface area contributed by atoms with Crippen LogP contribution in [0.2, 0.25) is 5.02 Å². The number of hydrogen-bond acceptors (Lipinski definition) is 10. The molecule has 9 rings (SSSR count). The third kappa shape index (κ3) is 7.62. The molecule has 1 atom stereocenters. The van der Waals surface area contributed by atoms with Gasteiger partial charge in [0.1, 0.15) is 11.9 Å². The molecule has 1 N–H and O–H groups in total. The molecule has 0 bridgehead atoms. The Hall–Kier alpha value is -5.52. The number of imide groups is 2. The molecule has 6 aliphatic heterocycles. The summed E-state index contributed by atoms with van der Waals surface area (Å²) in [5, 5.41) is 2.74. The number of carbonyl (C=O) groups excluding carboxylic acids is 5. The van der Waals surface area contributed by atoms with Gasteiger partial charge in [-0.25, -0.2) is 9.83 Å². The number of likely N-dealkylation sites (tertiary alicyclic amines) is 1. The molecule has 2 aromatic carbocycles. The molecule has 1 spiro atoms. The summed E-state index contributed by atoms with van der Waals surface area (Å²) in [5.41, 5.74) is 3.86. The monoisotopic (exact) mass is 817 g/mol. The van der Waals surface area contributed by atoms with Gasteiger partial charge in [0.25, 0.3) is 17.7 Å². The Labute approximate surface area is 348 Å². The number of piperazine rings is 1. The van der Waals surface area contributed by atoms with E-state index < -0.39 is 23.8 Å². The number of hydrogen-bond donors (Lipinski definition) is 1. The molecule has 6 aliphatic rings. The number of nitrogens with one attached hydrogen (secondary N) is 1. The van der Waals surface area contributed by atoms with Crippen LogP contribution in [0.1, 0.15) is 76.0 Å². The summed E-state index contributed by atoms with van der Waals surface area (Å²) in [4.78, 5) is 84.7. The van der Waals surface area contributed by atoms with Crippen LogP contribution in [-0.2, 0) is 9.59 Å². The summed E-state index contributed by atoms with van der Waals surface area (Å²) >= 11 is 6.33. The summed E-state index contributed by atoms with van der Waals surface area (Å²) in [7, 11) is 0. The van der Waals surface area contributed by atoms with Crippen LogP contribution in [-0.4, -0.2) is 127 Å². The summed E-state index contributed by atoms with van der Waals surface area (Å²) in [6.45, 7) is 17.0. The summed E-state index contributed by atoms with van der Waals surface area (Å²) in [5.74, 6) is -0.455. The molecule has 5 amide bonds. The fourth-order valence-corrected chi connectivity index (χ4v) is 10.2. The lowest BCUT2D eigenvalue weighted by Gasteiger charge is -2.40. The zero-order chi connectivity index (χ0) is 40.8. The molecule has 59 heavy (non-hydrogen) atoms. The molecule has 1 unspecified atom stereocenters. The lowest BCUT2D eigenvalue weighted by molar-refractivity contribution is -0.136. The molecule has 0 radical (unpaired) electrons. The molecular formula is C44H48ClN9O5. The largest absolute Gasteiger partial charge is 0.371 e. The van der Waals surface area contributed by atoms with Crippen LogP contribution in [0.15, 0.2) is 54.7 Å². The van der Waals surface area contributed by atoms with E-state index in [1.807, 2.05) is 35.2 Å². The number of piperidine rings is 3. The van der Waals surface area contributed by atoms with E-state index >= 15 is 0 Å². The molecule has 0 aliphatic carbocycles. The standard InChI is InChI=1S/C44H48ClN9O5/c1-46-36-6-4-32(25-35(36)45)53-19-14-44(28-53)12-17-52(18-13-44)41(57)30-2-8-38(47-26-30)51-22-20-49(21-23-51)27-29-10-15-50(16-11-29)31-3-5-33-34(24-31)43(59)54(42(33)58)37-7-9-39(55)48-40(37)56/h2-6,8,24-26,29,37H,7,9-23,27-28H2,(H,48,55,56). The lowest BCUT2D eigenvalue weighted by Crippen LogP contribution is -2.54. The fraction of sp³-hybridized carbons (Fsp3) is 0.477. The highest BCUT2D eigenvalue weighted by molar-refractivity contribution is 6.33. The Balaban J connectivity index is 0.713. The molecule has 1 aromatic heterocycles. The summed E-state index contributed by atoms with van der Waals surface area (Å²) < 4.78 is 0. The number of halogens is 1. The molecule has 15 heteroatoms. The Morgan fingerprint density at radius 3 is 2.20 bits per heavy atom. The van der Waals surface area contributed by atoms with E-state index in [0.29, 0.717) is 33.3 Å². The molecule has 14 nitrogen and oxygen atoms in total. The number of benzene rings is 2. The second-order valence-corrected chi connectivity index (χ2v) is 17.4. The van der Waals surface area contributed by atoms with E-state index in [1.54, 1.807) is 24.4 Å². The van der Waals surface area contributed by atoms with E-state index in [9.17, 15) is 24.0 Å². The van der Waals surface area contributed by atoms with Crippen LogP contribution >= 0.6 is 11.6 Å². The van der Waals surface area contributed by atoms with E-state index in [-0.39, 0.29) is 30.1 Å². The highest BCUT2D eigenvalue weighted by atomic mass is 35.5. The van der Waals surface area contributed by atoms with E-state index in [4.69, 9.17) is 23.2 Å². The lowest BCUT2D eigenvalue weighted by atomic mass is 9.77. The minimum Gasteiger partial charge on any atom is -0.371 e. The van der Waals surface area contributed by atoms with Crippen LogP contribution < -0.4 is 20.0 Å². The van der Waals surface area contributed by atoms with Crippen molar-refractivity contribution in [1.82, 2.24) is 25.0 Å². The number of amides is 5. The van der Waals surface area contributed by atoms with Gasteiger partial charge < -0.3 is 19.6 Å². The number of fused-ring (bicyclic) bond motifs is 1. The van der Waals surface area contributed by atoms with Crippen molar-refractivity contribution in [3.05, 3.63) is 87.9 Å². The molecular weight excluding hydrogens is 770 g/mol. The average molecular weight is 818 g/mol. The van der Waals surface area contributed by atoms with Crippen molar-refractivity contribution in [1.29, 1.82) is 0 Å². The number of carbonyl (C=O) groups is 5. The summed E-state index contributed by atoms with van der Waals surface area (Å²) in [6, 6.07) is 14.0. The summed E-state index contributed by atoms with van der Waals surface area (Å²) in [6.07, 6.45) is 7.03. The van der Waals surface area contributed by atoms with Crippen molar-refractivity contribution in [2.45, 2.75) is 51.0 Å². The van der Waals surface area contributed by atoms with Crippen LogP contribution in [0.25, 0.3) is 4.85 Å². The van der Waals surface area contributed by atoms with Gasteiger partial charge in [0.15, 0.2) is 0 Å². The first-order valence-corrected chi connectivity index (χ1v) is 21.2. The second kappa shape index (κ2) is 15.9. The van der Waals surface area contributed by atoms with E-state index in [1.165, 1.54) is 0 Å². The zero-order valence-corrected chi connectivity index (χ0v) is 33.8. The molecule has 5 fully saturated rings. The highest BCUT2D eigenvalue weighted by Crippen LogP contribution is 2.43. The third-order valence-corrected chi connectivity index (χ3v) is 13.9. The van der Waals surface area contributed by atoms with Crippen molar-refractivity contribution in [3.63, 3.8) is 0 Å². The van der Waals surface area contributed by atoms with Gasteiger partial charge in [0, 0.05) is 101 Å². The van der Waals surface area contributed by atoms with Gasteiger partial charge in [-0.3, -0.25) is 39.1 Å². The third-order valence-electron chi connectivity index (χ3n) is 13.6. The number of anilines is 3. The highest BCUT2D eigenvalue weighted by Gasteiger charge is 2.45. The van der Waals surface area contributed by atoms with Crippen molar-refractivity contribution in [2.24, 2.45) is 11.3 Å². The first kappa shape index (κ1) is 39.0. The Bertz CT molecular complexity index is 2220. The minimum atomic E-state index is -0.969. The molecule has 5 saturated heterocycles. The first-order valence-electron chi connectivity index (χ1n) is 20.8. The Morgan fingerprint density at radius 1 is 0.797 bits per heavy atom. The Kier molecular flexibility index (Phi) is 10.5. The van der Waals surface area contributed by atoms with Gasteiger partial charge >= 0.3 is 0 Å². The van der Waals surface area contributed by atoms with Gasteiger partial charge in [0.2, 0.25) is 17.5 Å². The van der Waals surface area contributed by atoms with Crippen molar-refractivity contribution in [3.8, 4) is 0 Å². The second-order valence-electron chi connectivity index (χ2n) is 17.0. The topological polar surface area (TPSA) is 134 Å². The van der Waals surface area contributed by atoms with Gasteiger partial charge in [-0.1, -0.05) is 17.7 Å². The SMILES string of the molecule is [C-]#[N+]c1ccc(N2CCC3(CCN(C(=O)c4ccc(N5CCN(CC6CCN(c7ccc8c(c7)C(=O)N(C7CCC(=O)NC7=O)C8=O)CC6)CC5)nc4)CC3)C2)cc1Cl. The van der Waals surface area contributed by atoms with Crippen LogP contribution in [0.5, 0.6) is 0 Å². The van der Waals surface area contributed by atoms with Crippen molar-refractivity contribution < 1.29 is 24.0 Å². The van der Waals surface area contributed by atoms with E-state index in [0.717, 1.165) is 126 Å². The maximum absolute atomic E-state index is 13.5. The average Bonchev–Trinajstić information content (AvgIpc) is 3.78. The van der Waals surface area contributed by atoms with E-state index in [2.05, 4.69) is 29.8 Å². The van der Waals surface area contributed by atoms with Crippen molar-refractivity contribution >= 4 is 64.0 Å². The number of aromatic nitrogens is 1. The maximum Gasteiger partial charge on any atom is 0.262 e. The molecule has 306 valence electrons. The number of rotatable bonds is 7. The number of nitrogens with zero attached hydrogens (tertiary/aromatic N) is 8. The quantitative estimate of drug-likeness (QED) is 0.261. The fourth-order valence-electron chi connectivity index (χ4n) is 9.97. The molecule has 0 saturated carbocycles. The molecule has 3 aromatic rings. The van der Waals surface area contributed by atoms with Gasteiger partial charge in [-0.2, -0.15) is 0 Å². The van der Waals surface area contributed by atoms with Crippen LogP contribution in [0.4, 0.5) is 22.9 Å². The van der Waals surface area contributed by atoms with Gasteiger partial charge in [0.05, 0.1) is 23.3 Å². The Morgan fingerprint density at radius 2 is 1.51 bits per heavy atom. The van der Waals surface area contributed by atoms with Gasteiger partial charge in [-0.05, 0) is 92.3 Å². The van der Waals surface area contributed by atoms with Crippen molar-refractivity contribution in [2.75, 3.05) is 86.7 Å².